The van der Waals surface area contributed by atoms with Crippen LogP contribution in [0.1, 0.15) is 89.4 Å². The lowest BCUT2D eigenvalue weighted by atomic mass is 9.79. The van der Waals surface area contributed by atoms with Gasteiger partial charge in [0.15, 0.2) is 11.3 Å². The molecule has 2 N–H and O–H groups in total. The van der Waals surface area contributed by atoms with Crippen LogP contribution in [0.25, 0.3) is 5.65 Å². The first kappa shape index (κ1) is 29.6. The Morgan fingerprint density at radius 2 is 1.98 bits per heavy atom. The van der Waals surface area contributed by atoms with E-state index in [1.807, 2.05) is 0 Å². The third kappa shape index (κ3) is 5.63. The maximum atomic E-state index is 14.1. The monoisotopic (exact) mass is 651 g/mol. The van der Waals surface area contributed by atoms with Gasteiger partial charge in [-0.3, -0.25) is 9.59 Å². The van der Waals surface area contributed by atoms with Crippen LogP contribution in [0.5, 0.6) is 0 Å². The first-order valence-corrected chi connectivity index (χ1v) is 15.3. The quantitative estimate of drug-likeness (QED) is 0.269. The fraction of sp³-hybridized carbons (Fsp3) is 0.556. The summed E-state index contributed by atoms with van der Waals surface area (Å²) in [5, 5.41) is 24.8. The van der Waals surface area contributed by atoms with Crippen LogP contribution in [-0.2, 0) is 16.6 Å². The van der Waals surface area contributed by atoms with Crippen LogP contribution in [-0.4, -0.2) is 65.1 Å². The molecule has 0 unspecified atom stereocenters. The molecule has 1 aliphatic heterocycles. The maximum absolute atomic E-state index is 14.1. The molecule has 2 saturated carbocycles. The summed E-state index contributed by atoms with van der Waals surface area (Å²) in [5.74, 6) is -4.45. The highest BCUT2D eigenvalue weighted by atomic mass is 32.1. The molecule has 238 valence electrons. The summed E-state index contributed by atoms with van der Waals surface area (Å²) in [4.78, 5) is 31.1. The van der Waals surface area contributed by atoms with E-state index in [1.54, 1.807) is 12.3 Å². The molecule has 3 fully saturated rings. The number of carbonyl (C=O) groups is 2. The molecule has 7 rings (SSSR count). The number of alkyl halides is 5. The number of halogens is 5. The van der Waals surface area contributed by atoms with E-state index in [0.29, 0.717) is 22.6 Å². The fourth-order valence-electron chi connectivity index (χ4n) is 6.33. The standard InChI is InChI=1S/C27H26F5N9O3S/c28-26(29)5-3-15(4-6-26)19(37-22(42)21-20(14-1-2-14)39-44-40-21)16-11-41-18(35-16)7-13(10-34-41)8-25(24-38-33-12-45-24)9-17(27(30,31)32)36-23(25)43/h7,10-12,14-15,17,19H,1-6,8-9H2,(H,36,43)(H,37,42)/t17-,19-,25+/m0/s1. The highest BCUT2D eigenvalue weighted by Gasteiger charge is 2.57. The molecule has 12 nitrogen and oxygen atoms in total. The number of fused-ring (bicyclic) bond motifs is 1. The molecule has 0 spiro atoms. The number of hydrogen-bond acceptors (Lipinski definition) is 10. The van der Waals surface area contributed by atoms with E-state index in [-0.39, 0.29) is 54.6 Å². The molecule has 2 amide bonds. The SMILES string of the molecule is O=C(N[C@H](c1cn2ncc(C[C@@]3(c4nncs4)C[C@@H](C(F)(F)F)NC3=O)cc2n1)C1CCC(F)(F)CC1)c1nonc1C1CC1. The molecular formula is C27H26F5N9O3S. The van der Waals surface area contributed by atoms with Crippen molar-refractivity contribution in [2.45, 2.75) is 86.9 Å². The Morgan fingerprint density at radius 3 is 2.64 bits per heavy atom. The molecule has 0 bridgehead atoms. The smallest absolute Gasteiger partial charge is 0.344 e. The Morgan fingerprint density at radius 1 is 1.20 bits per heavy atom. The van der Waals surface area contributed by atoms with Crippen molar-refractivity contribution in [3.8, 4) is 0 Å². The van der Waals surface area contributed by atoms with E-state index in [2.05, 4.69) is 41.2 Å². The third-order valence-corrected chi connectivity index (χ3v) is 9.79. The number of carbonyl (C=O) groups excluding carboxylic acids is 2. The van der Waals surface area contributed by atoms with Gasteiger partial charge in [0.25, 0.3) is 5.91 Å². The lowest BCUT2D eigenvalue weighted by molar-refractivity contribution is -0.155. The fourth-order valence-corrected chi connectivity index (χ4v) is 7.09. The molecule has 3 aliphatic rings. The summed E-state index contributed by atoms with van der Waals surface area (Å²) in [6.07, 6.45) is -1.05. The second kappa shape index (κ2) is 10.8. The highest BCUT2D eigenvalue weighted by molar-refractivity contribution is 7.09. The first-order chi connectivity index (χ1) is 21.4. The number of hydrogen-bond donors (Lipinski definition) is 2. The van der Waals surface area contributed by atoms with Gasteiger partial charge in [0.1, 0.15) is 27.7 Å². The van der Waals surface area contributed by atoms with Gasteiger partial charge in [-0.2, -0.15) is 18.3 Å². The summed E-state index contributed by atoms with van der Waals surface area (Å²) in [5.41, 5.74) is 1.31. The zero-order valence-corrected chi connectivity index (χ0v) is 24.2. The van der Waals surface area contributed by atoms with Crippen molar-refractivity contribution in [1.82, 2.24) is 45.7 Å². The second-order valence-corrected chi connectivity index (χ2v) is 12.9. The van der Waals surface area contributed by atoms with Crippen molar-refractivity contribution in [2.24, 2.45) is 5.92 Å². The molecule has 5 heterocycles. The minimum Gasteiger partial charge on any atom is -0.344 e. The third-order valence-electron chi connectivity index (χ3n) is 8.89. The predicted octanol–water partition coefficient (Wildman–Crippen LogP) is 4.07. The van der Waals surface area contributed by atoms with Crippen molar-refractivity contribution in [3.05, 3.63) is 51.6 Å². The minimum absolute atomic E-state index is 0.0433. The van der Waals surface area contributed by atoms with E-state index in [9.17, 15) is 31.5 Å². The van der Waals surface area contributed by atoms with Gasteiger partial charge in [-0.05, 0) is 61.2 Å². The number of rotatable bonds is 8. The summed E-state index contributed by atoms with van der Waals surface area (Å²) in [6, 6.07) is -1.23. The van der Waals surface area contributed by atoms with Crippen LogP contribution in [0.2, 0.25) is 0 Å². The normalized spacial score (nSPS) is 24.6. The molecule has 1 saturated heterocycles. The van der Waals surface area contributed by atoms with Crippen molar-refractivity contribution < 1.29 is 36.2 Å². The van der Waals surface area contributed by atoms with Gasteiger partial charge < -0.3 is 10.6 Å². The summed E-state index contributed by atoms with van der Waals surface area (Å²) < 4.78 is 75.3. The molecule has 4 aromatic rings. The van der Waals surface area contributed by atoms with Gasteiger partial charge in [-0.15, -0.1) is 21.5 Å². The van der Waals surface area contributed by atoms with E-state index in [1.165, 1.54) is 16.2 Å². The number of imidazole rings is 1. The topological polar surface area (TPSA) is 153 Å². The minimum atomic E-state index is -4.65. The lowest BCUT2D eigenvalue weighted by Crippen LogP contribution is -2.40. The molecular weight excluding hydrogens is 625 g/mol. The van der Waals surface area contributed by atoms with Crippen LogP contribution in [0, 0.1) is 5.92 Å². The summed E-state index contributed by atoms with van der Waals surface area (Å²) in [7, 11) is 0. The van der Waals surface area contributed by atoms with Crippen LogP contribution in [0.15, 0.2) is 28.6 Å². The van der Waals surface area contributed by atoms with Gasteiger partial charge in [0.2, 0.25) is 11.8 Å². The Bertz CT molecular complexity index is 1730. The largest absolute Gasteiger partial charge is 0.408 e. The second-order valence-electron chi connectivity index (χ2n) is 12.0. The summed E-state index contributed by atoms with van der Waals surface area (Å²) >= 11 is 0.992. The number of aromatic nitrogens is 7. The maximum Gasteiger partial charge on any atom is 0.408 e. The molecule has 18 heteroatoms. The van der Waals surface area contributed by atoms with Gasteiger partial charge in [-0.1, -0.05) is 5.16 Å². The average Bonchev–Trinajstić information content (AvgIpc) is 3.39. The molecule has 0 radical (unpaired) electrons. The first-order valence-electron chi connectivity index (χ1n) is 14.4. The number of nitrogens with one attached hydrogen (secondary N) is 2. The van der Waals surface area contributed by atoms with Gasteiger partial charge >= 0.3 is 6.18 Å². The van der Waals surface area contributed by atoms with Gasteiger partial charge in [0, 0.05) is 18.8 Å². The van der Waals surface area contributed by atoms with Crippen LogP contribution >= 0.6 is 11.3 Å². The van der Waals surface area contributed by atoms with Crippen LogP contribution < -0.4 is 10.6 Å². The van der Waals surface area contributed by atoms with Gasteiger partial charge in [-0.25, -0.2) is 22.9 Å². The molecule has 2 aliphatic carbocycles. The van der Waals surface area contributed by atoms with E-state index >= 15 is 0 Å². The molecule has 4 aromatic heterocycles. The Balaban J connectivity index is 1.19. The predicted molar refractivity (Wildman–Crippen MR) is 144 cm³/mol. The van der Waals surface area contributed by atoms with Gasteiger partial charge in [0.05, 0.1) is 24.1 Å². The highest BCUT2D eigenvalue weighted by Crippen LogP contribution is 2.44. The van der Waals surface area contributed by atoms with Crippen molar-refractivity contribution in [3.63, 3.8) is 0 Å². The Labute approximate surface area is 255 Å². The van der Waals surface area contributed by atoms with E-state index in [0.717, 1.165) is 24.2 Å². The Kier molecular flexibility index (Phi) is 7.09. The number of nitrogens with zero attached hydrogens (tertiary/aromatic N) is 7. The van der Waals surface area contributed by atoms with Crippen LogP contribution in [0.3, 0.4) is 0 Å². The van der Waals surface area contributed by atoms with Crippen molar-refractivity contribution >= 4 is 28.8 Å². The van der Waals surface area contributed by atoms with E-state index in [4.69, 9.17) is 4.63 Å². The molecule has 45 heavy (non-hydrogen) atoms. The van der Waals surface area contributed by atoms with Crippen molar-refractivity contribution in [1.29, 1.82) is 0 Å². The molecule has 0 aromatic carbocycles. The van der Waals surface area contributed by atoms with Crippen LogP contribution in [0.4, 0.5) is 22.0 Å². The van der Waals surface area contributed by atoms with E-state index < -0.39 is 47.8 Å². The molecule has 3 atom stereocenters. The zero-order chi connectivity index (χ0) is 31.6. The average molecular weight is 652 g/mol. The lowest BCUT2D eigenvalue weighted by Gasteiger charge is -2.33. The Hall–Kier alpha value is -4.09. The zero-order valence-electron chi connectivity index (χ0n) is 23.4. The number of amides is 2. The summed E-state index contributed by atoms with van der Waals surface area (Å²) in [6.45, 7) is 0. The van der Waals surface area contributed by atoms with Crippen molar-refractivity contribution in [2.75, 3.05) is 0 Å².